The van der Waals surface area contributed by atoms with E-state index in [0.29, 0.717) is 5.56 Å². The third kappa shape index (κ3) is 3.49. The zero-order valence-corrected chi connectivity index (χ0v) is 14.2. The number of anilines is 1. The first-order valence-corrected chi connectivity index (χ1v) is 8.42. The summed E-state index contributed by atoms with van der Waals surface area (Å²) in [5.41, 5.74) is 14.3. The van der Waals surface area contributed by atoms with Gasteiger partial charge in [0.05, 0.1) is 17.2 Å². The standard InChI is InChI=1S/C18H25N5O/c1-11-3-4-16-13(9-11)10-15(18(24)21-12(2)19)17(22-16)23-7-5-14(20)6-8-23/h3-4,9-10,12,14H,5-8,19-20H2,1-2H3,(H,21,24). The molecule has 0 radical (unpaired) electrons. The third-order valence-electron chi connectivity index (χ3n) is 4.39. The quantitative estimate of drug-likeness (QED) is 0.742. The number of nitrogens with two attached hydrogens (primary N) is 2. The first-order valence-electron chi connectivity index (χ1n) is 8.42. The van der Waals surface area contributed by atoms with Crippen LogP contribution in [0.3, 0.4) is 0 Å². The smallest absolute Gasteiger partial charge is 0.256 e. The van der Waals surface area contributed by atoms with Gasteiger partial charge in [-0.3, -0.25) is 4.79 Å². The summed E-state index contributed by atoms with van der Waals surface area (Å²) in [7, 11) is 0. The summed E-state index contributed by atoms with van der Waals surface area (Å²) >= 11 is 0. The van der Waals surface area contributed by atoms with Gasteiger partial charge in [0.2, 0.25) is 0 Å². The third-order valence-corrected chi connectivity index (χ3v) is 4.39. The molecule has 1 fully saturated rings. The van der Waals surface area contributed by atoms with E-state index < -0.39 is 6.17 Å². The van der Waals surface area contributed by atoms with Crippen molar-refractivity contribution < 1.29 is 4.79 Å². The molecule has 2 heterocycles. The maximum absolute atomic E-state index is 12.6. The van der Waals surface area contributed by atoms with Crippen LogP contribution in [0.4, 0.5) is 5.82 Å². The molecule has 1 aromatic heterocycles. The summed E-state index contributed by atoms with van der Waals surface area (Å²) in [5.74, 6) is 0.530. The molecule has 24 heavy (non-hydrogen) atoms. The van der Waals surface area contributed by atoms with E-state index in [1.165, 1.54) is 0 Å². The molecule has 0 bridgehead atoms. The number of hydrogen-bond acceptors (Lipinski definition) is 5. The zero-order chi connectivity index (χ0) is 17.3. The molecule has 128 valence electrons. The van der Waals surface area contributed by atoms with E-state index in [2.05, 4.69) is 10.2 Å². The lowest BCUT2D eigenvalue weighted by Crippen LogP contribution is -2.42. The molecule has 0 saturated carbocycles. The lowest BCUT2D eigenvalue weighted by molar-refractivity contribution is 0.0941. The minimum Gasteiger partial charge on any atom is -0.356 e. The fourth-order valence-corrected chi connectivity index (χ4v) is 3.09. The molecule has 6 nitrogen and oxygen atoms in total. The van der Waals surface area contributed by atoms with E-state index in [4.69, 9.17) is 16.5 Å². The number of amides is 1. The van der Waals surface area contributed by atoms with Crippen LogP contribution in [-0.2, 0) is 0 Å². The summed E-state index contributed by atoms with van der Waals surface area (Å²) < 4.78 is 0. The van der Waals surface area contributed by atoms with Crippen LogP contribution in [0.25, 0.3) is 10.9 Å². The Morgan fingerprint density at radius 2 is 2.04 bits per heavy atom. The first kappa shape index (κ1) is 16.7. The number of aryl methyl sites for hydroxylation is 1. The Labute approximate surface area is 142 Å². The summed E-state index contributed by atoms with van der Waals surface area (Å²) in [4.78, 5) is 19.6. The van der Waals surface area contributed by atoms with E-state index >= 15 is 0 Å². The molecule has 2 aromatic rings. The predicted octanol–water partition coefficient (Wildman–Crippen LogP) is 1.51. The number of carbonyl (C=O) groups is 1. The van der Waals surface area contributed by atoms with Crippen molar-refractivity contribution in [3.8, 4) is 0 Å². The molecule has 1 aliphatic heterocycles. The highest BCUT2D eigenvalue weighted by Crippen LogP contribution is 2.26. The van der Waals surface area contributed by atoms with E-state index in [-0.39, 0.29) is 11.9 Å². The molecule has 0 spiro atoms. The highest BCUT2D eigenvalue weighted by Gasteiger charge is 2.23. The fourth-order valence-electron chi connectivity index (χ4n) is 3.09. The first-order chi connectivity index (χ1) is 11.4. The van der Waals surface area contributed by atoms with Crippen LogP contribution >= 0.6 is 0 Å². The van der Waals surface area contributed by atoms with Crippen LogP contribution in [0.2, 0.25) is 0 Å². The molecular formula is C18H25N5O. The average Bonchev–Trinajstić information content (AvgIpc) is 2.53. The molecule has 3 rings (SSSR count). The van der Waals surface area contributed by atoms with Crippen molar-refractivity contribution in [3.63, 3.8) is 0 Å². The maximum Gasteiger partial charge on any atom is 0.256 e. The Bertz CT molecular complexity index is 750. The SMILES string of the molecule is Cc1ccc2nc(N3CCC(N)CC3)c(C(=O)NC(C)N)cc2c1. The van der Waals surface area contributed by atoms with E-state index in [9.17, 15) is 4.79 Å². The maximum atomic E-state index is 12.6. The zero-order valence-electron chi connectivity index (χ0n) is 14.2. The Balaban J connectivity index is 2.06. The van der Waals surface area contributed by atoms with Crippen LogP contribution in [0, 0.1) is 6.92 Å². The monoisotopic (exact) mass is 327 g/mol. The van der Waals surface area contributed by atoms with Crippen molar-refractivity contribution in [2.45, 2.75) is 38.9 Å². The van der Waals surface area contributed by atoms with Gasteiger partial charge in [0.1, 0.15) is 5.82 Å². The highest BCUT2D eigenvalue weighted by atomic mass is 16.1. The average molecular weight is 327 g/mol. The van der Waals surface area contributed by atoms with Crippen molar-refractivity contribution in [3.05, 3.63) is 35.4 Å². The van der Waals surface area contributed by atoms with Crippen molar-refractivity contribution in [2.24, 2.45) is 11.5 Å². The summed E-state index contributed by atoms with van der Waals surface area (Å²) in [6, 6.07) is 8.22. The lowest BCUT2D eigenvalue weighted by atomic mass is 10.0. The van der Waals surface area contributed by atoms with Gasteiger partial charge in [-0.25, -0.2) is 4.98 Å². The largest absolute Gasteiger partial charge is 0.356 e. The number of fused-ring (bicyclic) bond motifs is 1. The number of benzene rings is 1. The number of nitrogens with zero attached hydrogens (tertiary/aromatic N) is 2. The number of hydrogen-bond donors (Lipinski definition) is 3. The van der Waals surface area contributed by atoms with Gasteiger partial charge in [0.25, 0.3) is 5.91 Å². The molecule has 6 heteroatoms. The van der Waals surface area contributed by atoms with Gasteiger partial charge in [-0.05, 0) is 44.9 Å². The number of piperidine rings is 1. The Morgan fingerprint density at radius 1 is 1.33 bits per heavy atom. The van der Waals surface area contributed by atoms with Gasteiger partial charge < -0.3 is 21.7 Å². The molecule has 1 aromatic carbocycles. The molecule has 1 saturated heterocycles. The van der Waals surface area contributed by atoms with Crippen molar-refractivity contribution in [2.75, 3.05) is 18.0 Å². The van der Waals surface area contributed by atoms with Crippen molar-refractivity contribution >= 4 is 22.6 Å². The summed E-state index contributed by atoms with van der Waals surface area (Å²) in [6.07, 6.45) is 1.40. The highest BCUT2D eigenvalue weighted by molar-refractivity contribution is 6.02. The molecule has 5 N–H and O–H groups in total. The number of rotatable bonds is 3. The number of pyridine rings is 1. The van der Waals surface area contributed by atoms with Gasteiger partial charge >= 0.3 is 0 Å². The van der Waals surface area contributed by atoms with Gasteiger partial charge in [-0.1, -0.05) is 11.6 Å². The second-order valence-corrected chi connectivity index (χ2v) is 6.64. The van der Waals surface area contributed by atoms with Crippen LogP contribution in [0.5, 0.6) is 0 Å². The summed E-state index contributed by atoms with van der Waals surface area (Å²) in [5, 5.41) is 3.73. The minimum absolute atomic E-state index is 0.189. The second-order valence-electron chi connectivity index (χ2n) is 6.64. The second kappa shape index (κ2) is 6.75. The molecule has 1 unspecified atom stereocenters. The normalized spacial score (nSPS) is 17.1. The van der Waals surface area contributed by atoms with E-state index in [0.717, 1.165) is 48.2 Å². The molecule has 1 aliphatic rings. The molecule has 1 amide bonds. The fraction of sp³-hybridized carbons (Fsp3) is 0.444. The molecular weight excluding hydrogens is 302 g/mol. The Morgan fingerprint density at radius 3 is 2.71 bits per heavy atom. The summed E-state index contributed by atoms with van der Waals surface area (Å²) in [6.45, 7) is 5.39. The minimum atomic E-state index is -0.409. The van der Waals surface area contributed by atoms with Gasteiger partial charge in [0, 0.05) is 24.5 Å². The Hall–Kier alpha value is -2.18. The van der Waals surface area contributed by atoms with Crippen molar-refractivity contribution in [1.29, 1.82) is 0 Å². The number of carbonyl (C=O) groups excluding carboxylic acids is 1. The van der Waals surface area contributed by atoms with E-state index in [1.54, 1.807) is 6.92 Å². The van der Waals surface area contributed by atoms with Crippen LogP contribution in [0.1, 0.15) is 35.7 Å². The number of aromatic nitrogens is 1. The van der Waals surface area contributed by atoms with Gasteiger partial charge in [0.15, 0.2) is 0 Å². The van der Waals surface area contributed by atoms with Gasteiger partial charge in [-0.2, -0.15) is 0 Å². The van der Waals surface area contributed by atoms with Gasteiger partial charge in [-0.15, -0.1) is 0 Å². The topological polar surface area (TPSA) is 97.3 Å². The predicted molar refractivity (Wildman–Crippen MR) is 97.0 cm³/mol. The van der Waals surface area contributed by atoms with Crippen LogP contribution in [-0.4, -0.2) is 36.2 Å². The van der Waals surface area contributed by atoms with Crippen molar-refractivity contribution in [1.82, 2.24) is 10.3 Å². The Kier molecular flexibility index (Phi) is 4.69. The lowest BCUT2D eigenvalue weighted by Gasteiger charge is -2.32. The van der Waals surface area contributed by atoms with Crippen LogP contribution < -0.4 is 21.7 Å². The molecule has 0 aliphatic carbocycles. The van der Waals surface area contributed by atoms with E-state index in [1.807, 2.05) is 31.2 Å². The van der Waals surface area contributed by atoms with Crippen LogP contribution in [0.15, 0.2) is 24.3 Å². The number of nitrogens with one attached hydrogen (secondary N) is 1. The molecule has 1 atom stereocenters.